The Morgan fingerprint density at radius 1 is 1.29 bits per heavy atom. The third-order valence-electron chi connectivity index (χ3n) is 3.94. The third kappa shape index (κ3) is 2.51. The Kier molecular flexibility index (Phi) is 3.64. The molecule has 5 heteroatoms. The van der Waals surface area contributed by atoms with Crippen LogP contribution in [0.4, 0.5) is 0 Å². The molecule has 0 fully saturated rings. The molecule has 3 rings (SSSR count). The van der Waals surface area contributed by atoms with Gasteiger partial charge < -0.3 is 14.4 Å². The number of benzene rings is 1. The van der Waals surface area contributed by atoms with E-state index in [0.717, 1.165) is 24.8 Å². The fourth-order valence-electron chi connectivity index (χ4n) is 2.92. The summed E-state index contributed by atoms with van der Waals surface area (Å²) < 4.78 is 10.7. The van der Waals surface area contributed by atoms with Crippen LogP contribution < -0.4 is 4.74 Å². The molecule has 0 bridgehead atoms. The van der Waals surface area contributed by atoms with Crippen molar-refractivity contribution in [3.05, 3.63) is 35.0 Å². The highest BCUT2D eigenvalue weighted by Gasteiger charge is 2.22. The molecule has 0 radical (unpaired) electrons. The number of fused-ring (bicyclic) bond motifs is 1. The summed E-state index contributed by atoms with van der Waals surface area (Å²) >= 11 is 0. The third-order valence-corrected chi connectivity index (χ3v) is 3.94. The first kappa shape index (κ1) is 13.7. The van der Waals surface area contributed by atoms with Gasteiger partial charge in [0.05, 0.1) is 12.7 Å². The zero-order chi connectivity index (χ0) is 14.8. The first-order valence-electron chi connectivity index (χ1n) is 7.10. The van der Waals surface area contributed by atoms with Crippen molar-refractivity contribution in [3.63, 3.8) is 0 Å². The maximum absolute atomic E-state index is 11.0. The first-order chi connectivity index (χ1) is 10.2. The van der Waals surface area contributed by atoms with E-state index >= 15 is 0 Å². The van der Waals surface area contributed by atoms with Gasteiger partial charge in [0.25, 0.3) is 0 Å². The quantitative estimate of drug-likeness (QED) is 0.877. The zero-order valence-corrected chi connectivity index (χ0v) is 11.9. The second-order valence-electron chi connectivity index (χ2n) is 5.22. The predicted molar refractivity (Wildman–Crippen MR) is 76.7 cm³/mol. The summed E-state index contributed by atoms with van der Waals surface area (Å²) in [5.41, 5.74) is 3.24. The van der Waals surface area contributed by atoms with Crippen LogP contribution in [0, 0.1) is 0 Å². The smallest absolute Gasteiger partial charge is 0.358 e. The average molecular weight is 287 g/mol. The minimum Gasteiger partial charge on any atom is -0.496 e. The zero-order valence-electron chi connectivity index (χ0n) is 11.9. The number of carbonyl (C=O) groups is 1. The van der Waals surface area contributed by atoms with E-state index < -0.39 is 5.97 Å². The summed E-state index contributed by atoms with van der Waals surface area (Å²) in [7, 11) is 1.61. The van der Waals surface area contributed by atoms with Gasteiger partial charge in [0.15, 0.2) is 11.5 Å². The first-order valence-corrected chi connectivity index (χ1v) is 7.10. The maximum atomic E-state index is 11.0. The number of rotatable bonds is 3. The van der Waals surface area contributed by atoms with Gasteiger partial charge in [-0.2, -0.15) is 0 Å². The molecule has 21 heavy (non-hydrogen) atoms. The van der Waals surface area contributed by atoms with Crippen molar-refractivity contribution in [2.24, 2.45) is 0 Å². The van der Waals surface area contributed by atoms with E-state index in [1.54, 1.807) is 7.11 Å². The van der Waals surface area contributed by atoms with Gasteiger partial charge in [-0.25, -0.2) is 4.79 Å². The molecule has 1 aliphatic rings. The molecule has 1 aromatic heterocycles. The molecule has 5 nitrogen and oxygen atoms in total. The molecule has 0 amide bonds. The molecule has 1 aliphatic carbocycles. The fraction of sp³-hybridized carbons (Fsp3) is 0.375. The van der Waals surface area contributed by atoms with Crippen molar-refractivity contribution in [1.29, 1.82) is 0 Å². The Bertz CT molecular complexity index is 675. The van der Waals surface area contributed by atoms with Crippen LogP contribution in [-0.2, 0) is 12.8 Å². The fourth-order valence-corrected chi connectivity index (χ4v) is 2.92. The summed E-state index contributed by atoms with van der Waals surface area (Å²) in [6.07, 6.45) is 5.48. The molecule has 2 aromatic rings. The highest BCUT2D eigenvalue weighted by molar-refractivity contribution is 5.87. The molecule has 0 saturated carbocycles. The Labute approximate surface area is 122 Å². The average Bonchev–Trinajstić information content (AvgIpc) is 2.85. The topological polar surface area (TPSA) is 72.6 Å². The van der Waals surface area contributed by atoms with Crippen LogP contribution >= 0.6 is 0 Å². The summed E-state index contributed by atoms with van der Waals surface area (Å²) in [4.78, 5) is 11.0. The Hall–Kier alpha value is -2.30. The molecule has 0 saturated heterocycles. The van der Waals surface area contributed by atoms with Crippen molar-refractivity contribution < 1.29 is 19.2 Å². The molecular formula is C16H17NO4. The molecule has 110 valence electrons. The summed E-state index contributed by atoms with van der Waals surface area (Å²) in [5.74, 6) is 0.0673. The number of carboxylic acids is 1. The molecule has 0 unspecified atom stereocenters. The standard InChI is InChI=1S/C16H17NO4/c1-20-13-8-7-10-5-3-2-4-6-11(10)15(13)14-9-12(16(18)19)17-21-14/h7-9H,2-6H2,1H3,(H,18,19). The number of aromatic nitrogens is 1. The number of methoxy groups -OCH3 is 1. The Morgan fingerprint density at radius 3 is 2.81 bits per heavy atom. The summed E-state index contributed by atoms with van der Waals surface area (Å²) in [5, 5.41) is 12.6. The van der Waals surface area contributed by atoms with E-state index in [1.165, 1.54) is 30.0 Å². The van der Waals surface area contributed by atoms with Gasteiger partial charge in [0, 0.05) is 6.07 Å². The van der Waals surface area contributed by atoms with E-state index in [4.69, 9.17) is 14.4 Å². The number of carboxylic acid groups (broad SMARTS) is 1. The van der Waals surface area contributed by atoms with Crippen LogP contribution in [-0.4, -0.2) is 23.3 Å². The molecule has 1 N–H and O–H groups in total. The predicted octanol–water partition coefficient (Wildman–Crippen LogP) is 3.32. The lowest BCUT2D eigenvalue weighted by atomic mass is 9.94. The van der Waals surface area contributed by atoms with E-state index in [9.17, 15) is 4.79 Å². The SMILES string of the molecule is COc1ccc2c(c1-c1cc(C(=O)O)no1)CCCCC2. The van der Waals surface area contributed by atoms with Gasteiger partial charge >= 0.3 is 5.97 Å². The lowest BCUT2D eigenvalue weighted by molar-refractivity contribution is 0.0686. The highest BCUT2D eigenvalue weighted by atomic mass is 16.5. The van der Waals surface area contributed by atoms with Crippen LogP contribution in [0.3, 0.4) is 0 Å². The van der Waals surface area contributed by atoms with E-state index in [0.29, 0.717) is 11.5 Å². The summed E-state index contributed by atoms with van der Waals surface area (Å²) in [6.45, 7) is 0. The maximum Gasteiger partial charge on any atom is 0.358 e. The van der Waals surface area contributed by atoms with Gasteiger partial charge in [-0.1, -0.05) is 17.6 Å². The van der Waals surface area contributed by atoms with Crippen LogP contribution in [0.5, 0.6) is 5.75 Å². The van der Waals surface area contributed by atoms with Crippen molar-refractivity contribution in [3.8, 4) is 17.1 Å². The van der Waals surface area contributed by atoms with Crippen molar-refractivity contribution in [2.75, 3.05) is 7.11 Å². The molecule has 0 atom stereocenters. The largest absolute Gasteiger partial charge is 0.496 e. The molecule has 1 aromatic carbocycles. The second kappa shape index (κ2) is 5.60. The molecule has 1 heterocycles. The Balaban J connectivity index is 2.16. The van der Waals surface area contributed by atoms with Gasteiger partial charge in [0.1, 0.15) is 5.75 Å². The monoisotopic (exact) mass is 287 g/mol. The normalized spacial score (nSPS) is 14.3. The number of ether oxygens (including phenoxy) is 1. The lowest BCUT2D eigenvalue weighted by Crippen LogP contribution is -1.98. The summed E-state index contributed by atoms with van der Waals surface area (Å²) in [6, 6.07) is 5.48. The van der Waals surface area contributed by atoms with Crippen molar-refractivity contribution >= 4 is 5.97 Å². The minimum absolute atomic E-state index is 0.0849. The van der Waals surface area contributed by atoms with Gasteiger partial charge in [-0.15, -0.1) is 0 Å². The van der Waals surface area contributed by atoms with E-state index in [1.807, 2.05) is 6.07 Å². The van der Waals surface area contributed by atoms with Crippen LogP contribution in [0.2, 0.25) is 0 Å². The van der Waals surface area contributed by atoms with E-state index in [-0.39, 0.29) is 5.69 Å². The van der Waals surface area contributed by atoms with Gasteiger partial charge in [0.2, 0.25) is 0 Å². The second-order valence-corrected chi connectivity index (χ2v) is 5.22. The number of aromatic carboxylic acids is 1. The van der Waals surface area contributed by atoms with Crippen LogP contribution in [0.15, 0.2) is 22.7 Å². The number of nitrogens with zero attached hydrogens (tertiary/aromatic N) is 1. The number of hydrogen-bond donors (Lipinski definition) is 1. The van der Waals surface area contributed by atoms with Gasteiger partial charge in [-0.3, -0.25) is 0 Å². The molecule has 0 spiro atoms. The number of hydrogen-bond acceptors (Lipinski definition) is 4. The van der Waals surface area contributed by atoms with Gasteiger partial charge in [-0.05, 0) is 42.9 Å². The molecular weight excluding hydrogens is 270 g/mol. The lowest BCUT2D eigenvalue weighted by Gasteiger charge is -2.14. The Morgan fingerprint density at radius 2 is 2.10 bits per heavy atom. The van der Waals surface area contributed by atoms with Crippen molar-refractivity contribution in [1.82, 2.24) is 5.16 Å². The van der Waals surface area contributed by atoms with E-state index in [2.05, 4.69) is 11.2 Å². The highest BCUT2D eigenvalue weighted by Crippen LogP contribution is 2.38. The molecule has 0 aliphatic heterocycles. The van der Waals surface area contributed by atoms with Crippen LogP contribution in [0.25, 0.3) is 11.3 Å². The number of aryl methyl sites for hydroxylation is 1. The van der Waals surface area contributed by atoms with Crippen LogP contribution in [0.1, 0.15) is 40.9 Å². The van der Waals surface area contributed by atoms with Crippen molar-refractivity contribution in [2.45, 2.75) is 32.1 Å². The minimum atomic E-state index is -1.09.